The number of phenolic OH excluding ortho intramolecular Hbond substituents is 2. The average molecular weight is 1110 g/mol. The van der Waals surface area contributed by atoms with Gasteiger partial charge in [0.25, 0.3) is 11.8 Å². The van der Waals surface area contributed by atoms with Crippen LogP contribution in [0.5, 0.6) is 23.0 Å². The minimum Gasteiger partial charge on any atom is -0.506 e. The minimum absolute atomic E-state index is 0.00696. The molecule has 6 aromatic carbocycles. The lowest BCUT2D eigenvalue weighted by Crippen LogP contribution is -2.14. The molecule has 0 atom stereocenters. The topological polar surface area (TPSA) is 271 Å². The van der Waals surface area contributed by atoms with Crippen molar-refractivity contribution in [3.8, 4) is 45.3 Å². The van der Waals surface area contributed by atoms with Crippen LogP contribution < -0.4 is 35.1 Å². The number of amides is 2. The molecule has 0 radical (unpaired) electrons. The number of nitrogens with one attached hydrogen (secondary N) is 4. The van der Waals surface area contributed by atoms with E-state index in [1.165, 1.54) is 84.9 Å². The van der Waals surface area contributed by atoms with Crippen molar-refractivity contribution in [2.45, 2.75) is 25.2 Å². The molecular weight excluding hydrogens is 1060 g/mol. The van der Waals surface area contributed by atoms with Crippen LogP contribution in [0.4, 0.5) is 49.1 Å². The fourth-order valence-corrected chi connectivity index (χ4v) is 8.79. The maximum absolute atomic E-state index is 13.3. The molecule has 0 aliphatic carbocycles. The number of benzene rings is 6. The van der Waals surface area contributed by atoms with Gasteiger partial charge in [-0.1, -0.05) is 24.3 Å². The van der Waals surface area contributed by atoms with Gasteiger partial charge in [0.2, 0.25) is 20.0 Å². The Bertz CT molecular complexity index is 3120. The zero-order chi connectivity index (χ0) is 54.9. The normalized spacial score (nSPS) is 12.2. The summed E-state index contributed by atoms with van der Waals surface area (Å²) in [5.41, 5.74) is 4.93. The number of anilines is 4. The van der Waals surface area contributed by atoms with Gasteiger partial charge in [0.05, 0.1) is 61.4 Å². The zero-order valence-electron chi connectivity index (χ0n) is 39.3. The summed E-state index contributed by atoms with van der Waals surface area (Å²) < 4.78 is 167. The molecule has 0 saturated heterocycles. The van der Waals surface area contributed by atoms with Gasteiger partial charge in [-0.15, -0.1) is 0 Å². The lowest BCUT2D eigenvalue weighted by molar-refractivity contribution is -0.138. The maximum atomic E-state index is 13.3. The van der Waals surface area contributed by atoms with Gasteiger partial charge < -0.3 is 30.3 Å². The molecular formula is C48H46F6N5O13PS2. The molecule has 400 valence electrons. The van der Waals surface area contributed by atoms with Gasteiger partial charge in [0.1, 0.15) is 23.0 Å². The number of hydrogen-bond donors (Lipinski definition) is 7. The zero-order valence-corrected chi connectivity index (χ0v) is 41.8. The Morgan fingerprint density at radius 2 is 0.907 bits per heavy atom. The third kappa shape index (κ3) is 16.8. The van der Waals surface area contributed by atoms with Crippen LogP contribution in [0.15, 0.2) is 121 Å². The molecule has 8 N–H and O–H groups in total. The van der Waals surface area contributed by atoms with Gasteiger partial charge in [-0.25, -0.2) is 26.9 Å². The molecule has 0 fully saturated rings. The lowest BCUT2D eigenvalue weighted by Gasteiger charge is -2.17. The van der Waals surface area contributed by atoms with E-state index >= 15 is 0 Å². The van der Waals surface area contributed by atoms with E-state index in [1.54, 1.807) is 0 Å². The standard InChI is InChI=1S/C48H46F6N5O13PS2/c1-74(65,66)58-39-27-35(15-19-41(39)60)56-45(62)31-9-17-37(29-5-11-33(12-6-29)47(49,50)51)43(25-31)69-21-3-23-71-73(55,64)72-24-4-22-70-44-26-32(10-18-38(44)30-7-13-34(14-8-30)48(52,53)54)46(63)57-36-16-20-42(61)40(28-36)59-75(2,67)68/h5-20,25-28,58-61H,3-4,21-24H2,1-2H3,(H2,55,64)(H,56,62)(H,57,63). The largest absolute Gasteiger partial charge is 0.506 e. The predicted molar refractivity (Wildman–Crippen MR) is 267 cm³/mol. The van der Waals surface area contributed by atoms with E-state index < -0.39 is 74.6 Å². The highest BCUT2D eigenvalue weighted by Crippen LogP contribution is 2.41. The smallest absolute Gasteiger partial charge is 0.416 e. The molecule has 18 nitrogen and oxygen atoms in total. The molecule has 0 heterocycles. The Kier molecular flexibility index (Phi) is 17.8. The summed E-state index contributed by atoms with van der Waals surface area (Å²) in [6.07, 6.45) is -7.46. The lowest BCUT2D eigenvalue weighted by atomic mass is 10.0. The third-order valence-corrected chi connectivity index (χ3v) is 12.5. The highest BCUT2D eigenvalue weighted by Gasteiger charge is 2.31. The molecule has 6 aromatic rings. The van der Waals surface area contributed by atoms with Gasteiger partial charge >= 0.3 is 20.1 Å². The van der Waals surface area contributed by atoms with Crippen molar-refractivity contribution < 1.29 is 86.1 Å². The van der Waals surface area contributed by atoms with E-state index in [9.17, 15) is 67.5 Å². The summed E-state index contributed by atoms with van der Waals surface area (Å²) in [7, 11) is -11.8. The summed E-state index contributed by atoms with van der Waals surface area (Å²) in [6, 6.07) is 23.8. The van der Waals surface area contributed by atoms with Crippen LogP contribution >= 0.6 is 7.75 Å². The summed E-state index contributed by atoms with van der Waals surface area (Å²) in [5.74, 6) is -2.16. The highest BCUT2D eigenvalue weighted by molar-refractivity contribution is 7.92. The Balaban J connectivity index is 1.07. The van der Waals surface area contributed by atoms with Crippen LogP contribution in [0.25, 0.3) is 22.3 Å². The predicted octanol–water partition coefficient (Wildman–Crippen LogP) is 10.1. The molecule has 6 rings (SSSR count). The minimum atomic E-state index is -4.61. The first-order chi connectivity index (χ1) is 35.0. The number of carbonyl (C=O) groups is 2. The molecule has 0 aliphatic rings. The number of nitrogens with two attached hydrogens (primary N) is 1. The molecule has 27 heteroatoms. The maximum Gasteiger partial charge on any atom is 0.416 e. The molecule has 2 amide bonds. The summed E-state index contributed by atoms with van der Waals surface area (Å²) in [5, 5.41) is 25.3. The van der Waals surface area contributed by atoms with Crippen LogP contribution in [0.2, 0.25) is 0 Å². The number of phenols is 2. The van der Waals surface area contributed by atoms with Crippen molar-refractivity contribution in [2.75, 3.05) is 59.0 Å². The van der Waals surface area contributed by atoms with Crippen LogP contribution in [0.1, 0.15) is 44.7 Å². The second-order valence-electron chi connectivity index (χ2n) is 16.3. The number of aromatic hydroxyl groups is 2. The van der Waals surface area contributed by atoms with E-state index in [0.717, 1.165) is 48.9 Å². The first kappa shape index (κ1) is 56.9. The van der Waals surface area contributed by atoms with Gasteiger partial charge in [0, 0.05) is 46.5 Å². The number of hydrogen-bond acceptors (Lipinski definition) is 13. The molecule has 0 aliphatic heterocycles. The molecule has 0 bridgehead atoms. The summed E-state index contributed by atoms with van der Waals surface area (Å²) in [6.45, 7) is -0.926. The first-order valence-electron chi connectivity index (χ1n) is 21.8. The van der Waals surface area contributed by atoms with Gasteiger partial charge in [0.15, 0.2) is 0 Å². The van der Waals surface area contributed by atoms with E-state index in [4.69, 9.17) is 24.0 Å². The van der Waals surface area contributed by atoms with E-state index in [0.29, 0.717) is 11.1 Å². The molecule has 0 unspecified atom stereocenters. The Labute approximate surface area is 425 Å². The fraction of sp³-hybridized carbons (Fsp3) is 0.208. The summed E-state index contributed by atoms with van der Waals surface area (Å²) in [4.78, 5) is 26.7. The van der Waals surface area contributed by atoms with Crippen molar-refractivity contribution >= 4 is 62.4 Å². The second-order valence-corrected chi connectivity index (χ2v) is 21.4. The second kappa shape index (κ2) is 23.5. The van der Waals surface area contributed by atoms with Crippen LogP contribution in [-0.2, 0) is 46.0 Å². The molecule has 0 aromatic heterocycles. The van der Waals surface area contributed by atoms with E-state index in [2.05, 4.69) is 20.1 Å². The number of alkyl halides is 6. The van der Waals surface area contributed by atoms with Crippen LogP contribution in [-0.4, -0.2) is 77.8 Å². The number of rotatable bonds is 22. The van der Waals surface area contributed by atoms with Crippen molar-refractivity contribution in [3.63, 3.8) is 0 Å². The Morgan fingerprint density at radius 1 is 0.547 bits per heavy atom. The van der Waals surface area contributed by atoms with Crippen molar-refractivity contribution in [2.24, 2.45) is 5.50 Å². The quantitative estimate of drug-likeness (QED) is 0.0110. The van der Waals surface area contributed by atoms with Crippen LogP contribution in [0, 0.1) is 0 Å². The van der Waals surface area contributed by atoms with Gasteiger partial charge in [-0.3, -0.25) is 28.1 Å². The fourth-order valence-electron chi connectivity index (χ4n) is 6.82. The van der Waals surface area contributed by atoms with Crippen molar-refractivity contribution in [1.29, 1.82) is 0 Å². The number of ether oxygens (including phenoxy) is 2. The summed E-state index contributed by atoms with van der Waals surface area (Å²) >= 11 is 0. The molecule has 0 saturated carbocycles. The number of carbonyl (C=O) groups excluding carboxylic acids is 2. The van der Waals surface area contributed by atoms with Crippen LogP contribution in [0.3, 0.4) is 0 Å². The SMILES string of the molecule is CS(=O)(=O)Nc1cc(NC(=O)c2ccc(-c3ccc(C(F)(F)F)cc3)c(OCCCOP(N)(=O)OCCCOc3cc(C(=O)Nc4ccc(O)c(NS(C)(=O)=O)c4)ccc3-c3ccc(C(F)(F)F)cc3)c2)ccc1O. The number of halogens is 6. The Hall–Kier alpha value is -7.35. The van der Waals surface area contributed by atoms with E-state index in [1.807, 2.05) is 0 Å². The number of sulfonamides is 2. The monoisotopic (exact) mass is 1110 g/mol. The van der Waals surface area contributed by atoms with Crippen molar-refractivity contribution in [1.82, 2.24) is 0 Å². The Morgan fingerprint density at radius 3 is 1.24 bits per heavy atom. The van der Waals surface area contributed by atoms with Gasteiger partial charge in [-0.05, 0) is 108 Å². The third-order valence-electron chi connectivity index (χ3n) is 10.3. The van der Waals surface area contributed by atoms with Gasteiger partial charge in [-0.2, -0.15) is 26.3 Å². The average Bonchev–Trinajstić information content (AvgIpc) is 3.32. The molecule has 75 heavy (non-hydrogen) atoms. The molecule has 0 spiro atoms. The van der Waals surface area contributed by atoms with Crippen molar-refractivity contribution in [3.05, 3.63) is 144 Å². The highest BCUT2D eigenvalue weighted by atomic mass is 32.2. The van der Waals surface area contributed by atoms with E-state index in [-0.39, 0.29) is 95.8 Å². The first-order valence-corrected chi connectivity index (χ1v) is 27.2.